The van der Waals surface area contributed by atoms with Crippen molar-refractivity contribution in [3.63, 3.8) is 0 Å². The van der Waals surface area contributed by atoms with Crippen molar-refractivity contribution in [3.05, 3.63) is 126 Å². The smallest absolute Gasteiger partial charge is 0.0571 e. The van der Waals surface area contributed by atoms with E-state index in [-0.39, 0.29) is 6.61 Å². The molecule has 130 valence electrons. The largest absolute Gasteiger partial charge is 0.395 e. The van der Waals surface area contributed by atoms with Crippen molar-refractivity contribution in [1.82, 2.24) is 0 Å². The zero-order valence-electron chi connectivity index (χ0n) is 14.8. The molecule has 0 aliphatic carbocycles. The maximum atomic E-state index is 10.4. The maximum Gasteiger partial charge on any atom is 0.0571 e. The summed E-state index contributed by atoms with van der Waals surface area (Å²) in [6.07, 6.45) is 9.06. The van der Waals surface area contributed by atoms with Gasteiger partial charge in [-0.1, -0.05) is 115 Å². The first kappa shape index (κ1) is 17.9. The van der Waals surface area contributed by atoms with Crippen LogP contribution < -0.4 is 0 Å². The minimum atomic E-state index is -0.431. The summed E-state index contributed by atoms with van der Waals surface area (Å²) in [7, 11) is 0. The molecule has 0 saturated carbocycles. The minimum Gasteiger partial charge on any atom is -0.395 e. The molecule has 0 unspecified atom stereocenters. The molecule has 1 heteroatoms. The Balaban J connectivity index is 1.85. The Morgan fingerprint density at radius 2 is 1.15 bits per heavy atom. The molecule has 1 nitrogen and oxygen atoms in total. The van der Waals surface area contributed by atoms with Crippen LogP contribution in [0.1, 0.15) is 23.1 Å². The second kappa shape index (κ2) is 8.98. The number of benzene rings is 3. The molecule has 3 aromatic rings. The number of rotatable bonds is 7. The van der Waals surface area contributed by atoms with E-state index in [9.17, 15) is 5.11 Å². The molecule has 1 N–H and O–H groups in total. The van der Waals surface area contributed by atoms with Gasteiger partial charge in [-0.2, -0.15) is 0 Å². The molecule has 26 heavy (non-hydrogen) atoms. The summed E-state index contributed by atoms with van der Waals surface area (Å²) in [4.78, 5) is 0. The SMILES string of the molecule is OCC(C/C=C/C=C/c1ccccc1)(c1ccccc1)c1ccccc1. The first-order valence-corrected chi connectivity index (χ1v) is 8.95. The van der Waals surface area contributed by atoms with E-state index >= 15 is 0 Å². The van der Waals surface area contributed by atoms with Crippen molar-refractivity contribution in [2.45, 2.75) is 11.8 Å². The van der Waals surface area contributed by atoms with E-state index < -0.39 is 5.41 Å². The van der Waals surface area contributed by atoms with Gasteiger partial charge < -0.3 is 5.11 Å². The van der Waals surface area contributed by atoms with Gasteiger partial charge in [-0.25, -0.2) is 0 Å². The highest BCUT2D eigenvalue weighted by atomic mass is 16.3. The first-order valence-electron chi connectivity index (χ1n) is 8.95. The van der Waals surface area contributed by atoms with E-state index in [2.05, 4.69) is 54.6 Å². The van der Waals surface area contributed by atoms with E-state index in [0.29, 0.717) is 0 Å². The van der Waals surface area contributed by atoms with Crippen molar-refractivity contribution in [3.8, 4) is 0 Å². The van der Waals surface area contributed by atoms with Gasteiger partial charge in [0.05, 0.1) is 6.61 Å². The zero-order valence-corrected chi connectivity index (χ0v) is 14.8. The van der Waals surface area contributed by atoms with Gasteiger partial charge in [0.15, 0.2) is 0 Å². The fourth-order valence-corrected chi connectivity index (χ4v) is 3.24. The normalized spacial score (nSPS) is 12.0. The Morgan fingerprint density at radius 3 is 1.65 bits per heavy atom. The van der Waals surface area contributed by atoms with Crippen molar-refractivity contribution in [2.24, 2.45) is 0 Å². The molecular weight excluding hydrogens is 316 g/mol. The van der Waals surface area contributed by atoms with Gasteiger partial charge in [-0.05, 0) is 23.1 Å². The third kappa shape index (κ3) is 4.19. The van der Waals surface area contributed by atoms with Crippen LogP contribution in [0.4, 0.5) is 0 Å². The molecule has 0 amide bonds. The number of hydrogen-bond donors (Lipinski definition) is 1. The van der Waals surface area contributed by atoms with E-state index in [1.165, 1.54) is 5.56 Å². The lowest BCUT2D eigenvalue weighted by Gasteiger charge is -2.32. The zero-order chi connectivity index (χ0) is 18.1. The minimum absolute atomic E-state index is 0.0633. The number of aliphatic hydroxyl groups is 1. The molecule has 0 saturated heterocycles. The van der Waals surface area contributed by atoms with Gasteiger partial charge >= 0.3 is 0 Å². The van der Waals surface area contributed by atoms with Crippen molar-refractivity contribution in [1.29, 1.82) is 0 Å². The quantitative estimate of drug-likeness (QED) is 0.553. The molecule has 0 heterocycles. The Kier molecular flexibility index (Phi) is 6.19. The molecule has 0 radical (unpaired) electrons. The van der Waals surface area contributed by atoms with Crippen LogP contribution in [0.2, 0.25) is 0 Å². The van der Waals surface area contributed by atoms with Gasteiger partial charge in [0.1, 0.15) is 0 Å². The maximum absolute atomic E-state index is 10.4. The Bertz CT molecular complexity index is 794. The van der Waals surface area contributed by atoms with Crippen LogP contribution in [0, 0.1) is 0 Å². The van der Waals surface area contributed by atoms with Crippen molar-refractivity contribution < 1.29 is 5.11 Å². The van der Waals surface area contributed by atoms with Crippen LogP contribution in [-0.4, -0.2) is 11.7 Å². The van der Waals surface area contributed by atoms with Gasteiger partial charge in [0, 0.05) is 5.41 Å². The molecule has 3 aromatic carbocycles. The van der Waals surface area contributed by atoms with Crippen LogP contribution in [0.3, 0.4) is 0 Å². The van der Waals surface area contributed by atoms with E-state index in [4.69, 9.17) is 0 Å². The summed E-state index contributed by atoms with van der Waals surface area (Å²) >= 11 is 0. The Labute approximate surface area is 156 Å². The molecule has 0 bridgehead atoms. The van der Waals surface area contributed by atoms with Crippen LogP contribution >= 0.6 is 0 Å². The third-order valence-electron chi connectivity index (χ3n) is 4.72. The standard InChI is InChI=1S/C25H24O/c26-21-25(23-16-8-2-9-17-23,24-18-10-3-11-19-24)20-12-4-7-15-22-13-5-1-6-14-22/h1-19,26H,20-21H2/b12-4+,15-7+. The molecule has 3 rings (SSSR count). The molecule has 0 spiro atoms. The number of hydrogen-bond acceptors (Lipinski definition) is 1. The second-order valence-corrected chi connectivity index (χ2v) is 6.37. The van der Waals surface area contributed by atoms with Gasteiger partial charge in [0.2, 0.25) is 0 Å². The third-order valence-corrected chi connectivity index (χ3v) is 4.72. The monoisotopic (exact) mass is 340 g/mol. The number of aliphatic hydroxyl groups excluding tert-OH is 1. The average molecular weight is 340 g/mol. The Morgan fingerprint density at radius 1 is 0.654 bits per heavy atom. The first-order chi connectivity index (χ1) is 12.8. The molecule has 0 aliphatic heterocycles. The highest BCUT2D eigenvalue weighted by Gasteiger charge is 2.32. The topological polar surface area (TPSA) is 20.2 Å². The van der Waals surface area contributed by atoms with E-state index in [1.54, 1.807) is 0 Å². The summed E-state index contributed by atoms with van der Waals surface area (Å²) in [6, 6.07) is 30.8. The van der Waals surface area contributed by atoms with Crippen LogP contribution in [0.5, 0.6) is 0 Å². The summed E-state index contributed by atoms with van der Waals surface area (Å²) in [5.41, 5.74) is 3.01. The van der Waals surface area contributed by atoms with E-state index in [1.807, 2.05) is 60.7 Å². The van der Waals surface area contributed by atoms with Gasteiger partial charge in [-0.15, -0.1) is 0 Å². The number of allylic oxidation sites excluding steroid dienone is 3. The fraction of sp³-hybridized carbons (Fsp3) is 0.120. The predicted octanol–water partition coefficient (Wildman–Crippen LogP) is 5.62. The lowest BCUT2D eigenvalue weighted by molar-refractivity contribution is 0.220. The van der Waals surface area contributed by atoms with E-state index in [0.717, 1.165) is 17.5 Å². The molecular formula is C25H24O. The summed E-state index contributed by atoms with van der Waals surface area (Å²) in [5, 5.41) is 10.4. The lowest BCUT2D eigenvalue weighted by atomic mass is 9.72. The van der Waals surface area contributed by atoms with Crippen molar-refractivity contribution >= 4 is 6.08 Å². The van der Waals surface area contributed by atoms with Crippen LogP contribution in [0.25, 0.3) is 6.08 Å². The van der Waals surface area contributed by atoms with Crippen LogP contribution in [0.15, 0.2) is 109 Å². The molecule has 0 atom stereocenters. The van der Waals surface area contributed by atoms with Crippen molar-refractivity contribution in [2.75, 3.05) is 6.61 Å². The second-order valence-electron chi connectivity index (χ2n) is 6.37. The molecule has 0 fully saturated rings. The lowest BCUT2D eigenvalue weighted by Crippen LogP contribution is -2.31. The molecule has 0 aromatic heterocycles. The Hall–Kier alpha value is -2.90. The predicted molar refractivity (Wildman–Crippen MR) is 110 cm³/mol. The summed E-state index contributed by atoms with van der Waals surface area (Å²) in [5.74, 6) is 0. The average Bonchev–Trinajstić information content (AvgIpc) is 2.73. The van der Waals surface area contributed by atoms with Gasteiger partial charge in [-0.3, -0.25) is 0 Å². The summed E-state index contributed by atoms with van der Waals surface area (Å²) in [6.45, 7) is 0.0633. The molecule has 0 aliphatic rings. The van der Waals surface area contributed by atoms with Gasteiger partial charge in [0.25, 0.3) is 0 Å². The highest BCUT2D eigenvalue weighted by molar-refractivity contribution is 5.50. The fourth-order valence-electron chi connectivity index (χ4n) is 3.24. The highest BCUT2D eigenvalue weighted by Crippen LogP contribution is 2.35. The summed E-state index contributed by atoms with van der Waals surface area (Å²) < 4.78 is 0. The van der Waals surface area contributed by atoms with Crippen LogP contribution in [-0.2, 0) is 5.41 Å².